The quantitative estimate of drug-likeness (QED) is 0.467. The van der Waals surface area contributed by atoms with Crippen LogP contribution in [0.25, 0.3) is 5.78 Å². The summed E-state index contributed by atoms with van der Waals surface area (Å²) in [5.41, 5.74) is -0.958. The average Bonchev–Trinajstić information content (AvgIpc) is 3.14. The summed E-state index contributed by atoms with van der Waals surface area (Å²) in [6, 6.07) is 2.08. The third kappa shape index (κ3) is 4.33. The van der Waals surface area contributed by atoms with E-state index in [1.807, 2.05) is 0 Å². The average molecular weight is 417 g/mol. The van der Waals surface area contributed by atoms with E-state index in [0.29, 0.717) is 6.07 Å². The Bertz CT molecular complexity index is 1030. The number of benzene rings is 1. The molecule has 0 aliphatic rings. The van der Waals surface area contributed by atoms with Gasteiger partial charge in [-0.25, -0.2) is 22.9 Å². The van der Waals surface area contributed by atoms with E-state index in [0.717, 1.165) is 36.2 Å². The first-order chi connectivity index (χ1) is 13.8. The number of aromatic nitrogens is 4. The summed E-state index contributed by atoms with van der Waals surface area (Å²) in [6.45, 7) is -3.17. The molecule has 3 aromatic rings. The van der Waals surface area contributed by atoms with E-state index in [2.05, 4.69) is 29.9 Å². The molecule has 0 bridgehead atoms. The minimum atomic E-state index is -3.17. The second kappa shape index (κ2) is 8.24. The predicted molar refractivity (Wildman–Crippen MR) is 87.2 cm³/mol. The van der Waals surface area contributed by atoms with Crippen LogP contribution < -0.4 is 10.1 Å². The Hall–Kier alpha value is -3.51. The number of nitrogens with one attached hydrogen (secondary N) is 1. The fourth-order valence-electron chi connectivity index (χ4n) is 2.49. The Morgan fingerprint density at radius 1 is 1.21 bits per heavy atom. The number of nitrogens with zero attached hydrogens (tertiary/aromatic N) is 4. The van der Waals surface area contributed by atoms with Crippen LogP contribution in [0.2, 0.25) is 0 Å². The Labute approximate surface area is 159 Å². The van der Waals surface area contributed by atoms with Crippen LogP contribution >= 0.6 is 0 Å². The van der Waals surface area contributed by atoms with Gasteiger partial charge in [0.25, 0.3) is 12.2 Å². The lowest BCUT2D eigenvalue weighted by Crippen LogP contribution is -2.25. The molecule has 2 aromatic heterocycles. The van der Waals surface area contributed by atoms with Gasteiger partial charge in [-0.3, -0.25) is 0 Å². The molecule has 0 saturated carbocycles. The Morgan fingerprint density at radius 3 is 2.59 bits per heavy atom. The maximum absolute atomic E-state index is 14.5. The van der Waals surface area contributed by atoms with Crippen LogP contribution in [0.1, 0.15) is 23.7 Å². The lowest BCUT2D eigenvalue weighted by Gasteiger charge is -2.19. The number of ether oxygens (including phenoxy) is 2. The Balaban J connectivity index is 2.02. The molecule has 0 spiro atoms. The second-order valence-corrected chi connectivity index (χ2v) is 5.50. The van der Waals surface area contributed by atoms with Crippen molar-refractivity contribution in [1.29, 1.82) is 0 Å². The molecule has 29 heavy (non-hydrogen) atoms. The van der Waals surface area contributed by atoms with Crippen LogP contribution in [0.3, 0.4) is 0 Å². The molecule has 8 nitrogen and oxygen atoms in total. The van der Waals surface area contributed by atoms with Gasteiger partial charge in [0.2, 0.25) is 0 Å². The van der Waals surface area contributed by atoms with Crippen molar-refractivity contribution in [3.05, 3.63) is 47.7 Å². The largest absolute Gasteiger partial charge is 0.467 e. The van der Waals surface area contributed by atoms with Crippen molar-refractivity contribution in [1.82, 2.24) is 19.6 Å². The number of halogens is 5. The normalized spacial score (nSPS) is 12.4. The zero-order valence-electron chi connectivity index (χ0n) is 14.5. The molecule has 0 saturated heterocycles. The molecular formula is C16H12F5N5O3. The number of hydrogen-bond acceptors (Lipinski definition) is 7. The summed E-state index contributed by atoms with van der Waals surface area (Å²) < 4.78 is 75.0. The highest BCUT2D eigenvalue weighted by Gasteiger charge is 2.27. The van der Waals surface area contributed by atoms with Crippen molar-refractivity contribution in [3.8, 4) is 5.75 Å². The molecule has 0 amide bonds. The van der Waals surface area contributed by atoms with Crippen molar-refractivity contribution < 1.29 is 36.2 Å². The topological polar surface area (TPSA) is 90.6 Å². The molecule has 3 rings (SSSR count). The number of rotatable bonds is 7. The molecule has 0 aliphatic carbocycles. The fraction of sp³-hybridized carbons (Fsp3) is 0.250. The van der Waals surface area contributed by atoms with Gasteiger partial charge in [0.1, 0.15) is 29.4 Å². The van der Waals surface area contributed by atoms with E-state index in [4.69, 9.17) is 0 Å². The first kappa shape index (κ1) is 20.2. The number of methoxy groups -OCH3 is 1. The molecule has 13 heteroatoms. The highest BCUT2D eigenvalue weighted by Crippen LogP contribution is 2.28. The van der Waals surface area contributed by atoms with E-state index >= 15 is 0 Å². The molecule has 1 atom stereocenters. The van der Waals surface area contributed by atoms with Gasteiger partial charge in [-0.15, -0.1) is 0 Å². The van der Waals surface area contributed by atoms with Crippen LogP contribution in [0.15, 0.2) is 30.6 Å². The summed E-state index contributed by atoms with van der Waals surface area (Å²) in [7, 11) is 1.03. The molecule has 1 unspecified atom stereocenters. The lowest BCUT2D eigenvalue weighted by molar-refractivity contribution is -0.141. The van der Waals surface area contributed by atoms with E-state index < -0.39 is 42.3 Å². The summed E-state index contributed by atoms with van der Waals surface area (Å²) in [4.78, 5) is 19.5. The van der Waals surface area contributed by atoms with Gasteiger partial charge in [0.15, 0.2) is 6.04 Å². The number of alkyl halides is 4. The molecule has 1 aromatic carbocycles. The number of carbonyl (C=O) groups is 1. The van der Waals surface area contributed by atoms with Crippen molar-refractivity contribution >= 4 is 17.6 Å². The first-order valence-electron chi connectivity index (χ1n) is 7.87. The SMILES string of the molecule is COC(=O)C(Nc1cc(C(F)F)nc2ncnn12)c1ccc(OC(F)F)cc1F. The van der Waals surface area contributed by atoms with Crippen LogP contribution in [0.5, 0.6) is 5.75 Å². The summed E-state index contributed by atoms with van der Waals surface area (Å²) in [5, 5.41) is 6.36. The lowest BCUT2D eigenvalue weighted by atomic mass is 10.1. The van der Waals surface area contributed by atoms with Crippen LogP contribution in [0, 0.1) is 5.82 Å². The molecule has 0 radical (unpaired) electrons. The molecular weight excluding hydrogens is 405 g/mol. The number of esters is 1. The van der Waals surface area contributed by atoms with Crippen molar-refractivity contribution in [2.45, 2.75) is 19.1 Å². The second-order valence-electron chi connectivity index (χ2n) is 5.50. The van der Waals surface area contributed by atoms with Crippen LogP contribution in [-0.4, -0.2) is 39.3 Å². The minimum Gasteiger partial charge on any atom is -0.467 e. The van der Waals surface area contributed by atoms with E-state index in [9.17, 15) is 26.7 Å². The molecule has 0 aliphatic heterocycles. The first-order valence-corrected chi connectivity index (χ1v) is 7.87. The number of hydrogen-bond donors (Lipinski definition) is 1. The molecule has 1 N–H and O–H groups in total. The minimum absolute atomic E-state index is 0.148. The van der Waals surface area contributed by atoms with Gasteiger partial charge in [-0.2, -0.15) is 23.4 Å². The molecule has 154 valence electrons. The summed E-state index contributed by atoms with van der Waals surface area (Å²) in [5.74, 6) is -2.84. The summed E-state index contributed by atoms with van der Waals surface area (Å²) >= 11 is 0. The highest BCUT2D eigenvalue weighted by molar-refractivity contribution is 5.81. The monoisotopic (exact) mass is 417 g/mol. The van der Waals surface area contributed by atoms with E-state index in [-0.39, 0.29) is 17.2 Å². The zero-order chi connectivity index (χ0) is 21.1. The zero-order valence-corrected chi connectivity index (χ0v) is 14.5. The van der Waals surface area contributed by atoms with Crippen LogP contribution in [0.4, 0.5) is 27.8 Å². The van der Waals surface area contributed by atoms with Gasteiger partial charge in [0.05, 0.1) is 7.11 Å². The number of carbonyl (C=O) groups excluding carboxylic acids is 1. The third-order valence-electron chi connectivity index (χ3n) is 3.73. The Morgan fingerprint density at radius 2 is 1.97 bits per heavy atom. The third-order valence-corrected chi connectivity index (χ3v) is 3.73. The van der Waals surface area contributed by atoms with Crippen molar-refractivity contribution in [2.24, 2.45) is 0 Å². The van der Waals surface area contributed by atoms with E-state index in [1.54, 1.807) is 0 Å². The molecule has 2 heterocycles. The maximum atomic E-state index is 14.5. The summed E-state index contributed by atoms with van der Waals surface area (Å²) in [6.07, 6.45) is -1.90. The predicted octanol–water partition coefficient (Wildman–Crippen LogP) is 3.13. The fourth-order valence-corrected chi connectivity index (χ4v) is 2.49. The van der Waals surface area contributed by atoms with Crippen molar-refractivity contribution in [2.75, 3.05) is 12.4 Å². The van der Waals surface area contributed by atoms with Crippen molar-refractivity contribution in [3.63, 3.8) is 0 Å². The molecule has 0 fully saturated rings. The maximum Gasteiger partial charge on any atom is 0.387 e. The van der Waals surface area contributed by atoms with Gasteiger partial charge in [0, 0.05) is 17.7 Å². The number of fused-ring (bicyclic) bond motifs is 1. The highest BCUT2D eigenvalue weighted by atomic mass is 19.3. The van der Waals surface area contributed by atoms with Gasteiger partial charge in [-0.05, 0) is 12.1 Å². The number of anilines is 1. The van der Waals surface area contributed by atoms with Gasteiger partial charge < -0.3 is 14.8 Å². The van der Waals surface area contributed by atoms with Gasteiger partial charge in [-0.1, -0.05) is 0 Å². The van der Waals surface area contributed by atoms with Crippen LogP contribution in [-0.2, 0) is 9.53 Å². The Kier molecular flexibility index (Phi) is 5.75. The van der Waals surface area contributed by atoms with E-state index in [1.165, 1.54) is 0 Å². The standard InChI is InChI=1S/C16H12F5N5O3/c1-28-14(27)12(8-3-2-7(4-9(8)17)29-15(20)21)25-11-5-10(13(18)19)24-16-22-6-23-26(11)16/h2-6,12-13,15,25H,1H3. The van der Waals surface area contributed by atoms with Gasteiger partial charge >= 0.3 is 12.6 Å². The smallest absolute Gasteiger partial charge is 0.387 e.